The zero-order valence-corrected chi connectivity index (χ0v) is 11.3. The molecule has 0 aliphatic heterocycles. The van der Waals surface area contributed by atoms with Crippen LogP contribution >= 0.6 is 0 Å². The van der Waals surface area contributed by atoms with Gasteiger partial charge in [-0.1, -0.05) is 12.8 Å². The van der Waals surface area contributed by atoms with Gasteiger partial charge in [0.25, 0.3) is 0 Å². The molecule has 0 radical (unpaired) electrons. The zero-order valence-electron chi connectivity index (χ0n) is 11.3. The first-order valence-electron chi connectivity index (χ1n) is 6.85. The maximum atomic E-state index is 13.6. The summed E-state index contributed by atoms with van der Waals surface area (Å²) < 4.78 is 71.6. The number of hydrogen-bond donors (Lipinski definition) is 1. The van der Waals surface area contributed by atoms with Crippen LogP contribution in [0.15, 0.2) is 0 Å². The molecule has 1 aromatic rings. The molecule has 1 aliphatic carbocycles. The van der Waals surface area contributed by atoms with Crippen molar-refractivity contribution in [1.29, 1.82) is 0 Å². The van der Waals surface area contributed by atoms with E-state index in [9.17, 15) is 22.0 Å². The number of rotatable bonds is 3. The Bertz CT molecular complexity index is 494. The van der Waals surface area contributed by atoms with E-state index in [0.717, 1.165) is 19.3 Å². The van der Waals surface area contributed by atoms with Gasteiger partial charge in [0.05, 0.1) is 0 Å². The quantitative estimate of drug-likeness (QED) is 0.400. The standard InChI is InChI=1S/C14H16F5NO/c15-9-10(16)12(18)14(13(19)11(9)17)21-8-5-3-1-2-4-7(8)6-20/h7-8H,1-6,20H2. The average molecular weight is 309 g/mol. The lowest BCUT2D eigenvalue weighted by Gasteiger charge is -2.25. The van der Waals surface area contributed by atoms with Gasteiger partial charge in [0, 0.05) is 5.92 Å². The van der Waals surface area contributed by atoms with Gasteiger partial charge in [0.1, 0.15) is 6.10 Å². The van der Waals surface area contributed by atoms with E-state index in [1.165, 1.54) is 0 Å². The van der Waals surface area contributed by atoms with Crippen molar-refractivity contribution in [2.75, 3.05) is 6.54 Å². The van der Waals surface area contributed by atoms with Gasteiger partial charge < -0.3 is 10.5 Å². The van der Waals surface area contributed by atoms with Crippen molar-refractivity contribution in [2.24, 2.45) is 11.7 Å². The van der Waals surface area contributed by atoms with Crippen LogP contribution in [0.4, 0.5) is 22.0 Å². The van der Waals surface area contributed by atoms with E-state index in [1.54, 1.807) is 0 Å². The lowest BCUT2D eigenvalue weighted by Crippen LogP contribution is -2.32. The van der Waals surface area contributed by atoms with Crippen LogP contribution in [0.1, 0.15) is 32.1 Å². The van der Waals surface area contributed by atoms with E-state index in [4.69, 9.17) is 10.5 Å². The maximum absolute atomic E-state index is 13.6. The van der Waals surface area contributed by atoms with Crippen molar-refractivity contribution in [1.82, 2.24) is 0 Å². The van der Waals surface area contributed by atoms with Gasteiger partial charge in [-0.15, -0.1) is 0 Å². The molecule has 2 atom stereocenters. The highest BCUT2D eigenvalue weighted by Gasteiger charge is 2.31. The Morgan fingerprint density at radius 1 is 0.810 bits per heavy atom. The van der Waals surface area contributed by atoms with Crippen molar-refractivity contribution < 1.29 is 26.7 Å². The summed E-state index contributed by atoms with van der Waals surface area (Å²) in [5, 5.41) is 0. The molecule has 1 aromatic carbocycles. The van der Waals surface area contributed by atoms with Gasteiger partial charge >= 0.3 is 0 Å². The minimum atomic E-state index is -2.19. The minimum Gasteiger partial charge on any atom is -0.484 e. The second-order valence-electron chi connectivity index (χ2n) is 5.19. The molecule has 2 rings (SSSR count). The Morgan fingerprint density at radius 2 is 1.33 bits per heavy atom. The fourth-order valence-corrected chi connectivity index (χ4v) is 2.61. The second-order valence-corrected chi connectivity index (χ2v) is 5.19. The molecule has 7 heteroatoms. The maximum Gasteiger partial charge on any atom is 0.207 e. The van der Waals surface area contributed by atoms with Gasteiger partial charge in [-0.05, 0) is 25.8 Å². The van der Waals surface area contributed by atoms with Crippen molar-refractivity contribution in [3.63, 3.8) is 0 Å². The van der Waals surface area contributed by atoms with E-state index >= 15 is 0 Å². The third-order valence-corrected chi connectivity index (χ3v) is 3.83. The molecule has 1 saturated carbocycles. The van der Waals surface area contributed by atoms with Crippen LogP contribution in [0.3, 0.4) is 0 Å². The van der Waals surface area contributed by atoms with Crippen LogP contribution in [-0.2, 0) is 0 Å². The summed E-state index contributed by atoms with van der Waals surface area (Å²) in [6.45, 7) is 0.236. The highest BCUT2D eigenvalue weighted by Crippen LogP contribution is 2.33. The number of hydrogen-bond acceptors (Lipinski definition) is 2. The first kappa shape index (κ1) is 16.0. The van der Waals surface area contributed by atoms with Crippen LogP contribution in [-0.4, -0.2) is 12.6 Å². The molecule has 0 amide bonds. The number of nitrogens with two attached hydrogens (primary N) is 1. The van der Waals surface area contributed by atoms with Gasteiger partial charge in [-0.3, -0.25) is 0 Å². The molecular weight excluding hydrogens is 293 g/mol. The molecule has 2 unspecified atom stereocenters. The summed E-state index contributed by atoms with van der Waals surface area (Å²) >= 11 is 0. The lowest BCUT2D eigenvalue weighted by atomic mass is 9.97. The normalized spacial score (nSPS) is 23.0. The third-order valence-electron chi connectivity index (χ3n) is 3.83. The molecule has 0 heterocycles. The van der Waals surface area contributed by atoms with Crippen LogP contribution in [0, 0.1) is 35.0 Å². The highest BCUT2D eigenvalue weighted by molar-refractivity contribution is 5.30. The zero-order chi connectivity index (χ0) is 15.6. The van der Waals surface area contributed by atoms with Crippen LogP contribution in [0.2, 0.25) is 0 Å². The van der Waals surface area contributed by atoms with Gasteiger partial charge in [0.15, 0.2) is 5.75 Å². The highest BCUT2D eigenvalue weighted by atomic mass is 19.2. The fourth-order valence-electron chi connectivity index (χ4n) is 2.61. The molecule has 21 heavy (non-hydrogen) atoms. The molecule has 1 fully saturated rings. The van der Waals surface area contributed by atoms with Crippen molar-refractivity contribution in [3.05, 3.63) is 29.1 Å². The Morgan fingerprint density at radius 3 is 1.90 bits per heavy atom. The number of ether oxygens (including phenoxy) is 1. The van der Waals surface area contributed by atoms with Crippen LogP contribution in [0.5, 0.6) is 5.75 Å². The summed E-state index contributed by atoms with van der Waals surface area (Å²) in [6, 6.07) is 0. The van der Waals surface area contributed by atoms with Gasteiger partial charge in [-0.2, -0.15) is 8.78 Å². The molecular formula is C14H16F5NO. The molecule has 0 saturated heterocycles. The Labute approximate surface area is 119 Å². The second kappa shape index (κ2) is 6.60. The summed E-state index contributed by atoms with van der Waals surface area (Å²) in [7, 11) is 0. The Hall–Kier alpha value is -1.37. The third kappa shape index (κ3) is 3.12. The average Bonchev–Trinajstić information content (AvgIpc) is 2.72. The smallest absolute Gasteiger partial charge is 0.207 e. The largest absolute Gasteiger partial charge is 0.484 e. The predicted molar refractivity (Wildman–Crippen MR) is 66.3 cm³/mol. The molecule has 118 valence electrons. The van der Waals surface area contributed by atoms with E-state index in [0.29, 0.717) is 12.8 Å². The Balaban J connectivity index is 2.34. The monoisotopic (exact) mass is 309 g/mol. The summed E-state index contributed by atoms with van der Waals surface area (Å²) in [6.07, 6.45) is 3.12. The molecule has 1 aliphatic rings. The molecule has 0 bridgehead atoms. The van der Waals surface area contributed by atoms with Crippen LogP contribution < -0.4 is 10.5 Å². The van der Waals surface area contributed by atoms with Crippen molar-refractivity contribution in [3.8, 4) is 5.75 Å². The van der Waals surface area contributed by atoms with Gasteiger partial charge in [-0.25, -0.2) is 13.2 Å². The first-order valence-corrected chi connectivity index (χ1v) is 6.85. The molecule has 0 aromatic heterocycles. The molecule has 2 nitrogen and oxygen atoms in total. The SMILES string of the molecule is NCC1CCCCCC1Oc1c(F)c(F)c(F)c(F)c1F. The van der Waals surface area contributed by atoms with Crippen LogP contribution in [0.25, 0.3) is 0 Å². The number of benzene rings is 1. The predicted octanol–water partition coefficient (Wildman–Crippen LogP) is 3.67. The number of halogens is 5. The lowest BCUT2D eigenvalue weighted by molar-refractivity contribution is 0.114. The molecule has 0 spiro atoms. The van der Waals surface area contributed by atoms with Crippen molar-refractivity contribution >= 4 is 0 Å². The first-order chi connectivity index (χ1) is 9.97. The van der Waals surface area contributed by atoms with E-state index in [-0.39, 0.29) is 12.5 Å². The summed E-state index contributed by atoms with van der Waals surface area (Å²) in [4.78, 5) is 0. The van der Waals surface area contributed by atoms with Gasteiger partial charge in [0.2, 0.25) is 29.1 Å². The topological polar surface area (TPSA) is 35.2 Å². The fraction of sp³-hybridized carbons (Fsp3) is 0.571. The summed E-state index contributed by atoms with van der Waals surface area (Å²) in [5.74, 6) is -11.4. The van der Waals surface area contributed by atoms with Crippen molar-refractivity contribution in [2.45, 2.75) is 38.2 Å². The summed E-state index contributed by atoms with van der Waals surface area (Å²) in [5.41, 5.74) is 5.60. The Kier molecular flexibility index (Phi) is 5.03. The molecule has 2 N–H and O–H groups in total. The van der Waals surface area contributed by atoms with E-state index in [2.05, 4.69) is 0 Å². The van der Waals surface area contributed by atoms with E-state index < -0.39 is 40.9 Å². The van der Waals surface area contributed by atoms with E-state index in [1.807, 2.05) is 0 Å². The minimum absolute atomic E-state index is 0.164.